The zero-order valence-corrected chi connectivity index (χ0v) is 14.3. The molecule has 0 spiro atoms. The van der Waals surface area contributed by atoms with Crippen molar-refractivity contribution in [2.24, 2.45) is 0 Å². The lowest BCUT2D eigenvalue weighted by Crippen LogP contribution is -2.49. The Labute approximate surface area is 141 Å². The number of sulfonamides is 1. The molecule has 128 valence electrons. The van der Waals surface area contributed by atoms with Gasteiger partial charge in [-0.2, -0.15) is 4.31 Å². The third kappa shape index (κ3) is 3.80. The lowest BCUT2D eigenvalue weighted by atomic mass is 10.3. The Kier molecular flexibility index (Phi) is 4.91. The molecule has 1 aliphatic rings. The number of piperazine rings is 1. The summed E-state index contributed by atoms with van der Waals surface area (Å²) in [4.78, 5) is 14.8. The maximum atomic E-state index is 11.9. The van der Waals surface area contributed by atoms with Crippen LogP contribution in [0.25, 0.3) is 0 Å². The molecular formula is C15H20N6O2S. The molecule has 0 atom stereocenters. The number of anilines is 3. The van der Waals surface area contributed by atoms with E-state index >= 15 is 0 Å². The summed E-state index contributed by atoms with van der Waals surface area (Å²) in [7, 11) is -3.12. The number of rotatable bonds is 5. The van der Waals surface area contributed by atoms with E-state index in [2.05, 4.69) is 25.2 Å². The van der Waals surface area contributed by atoms with Gasteiger partial charge in [0.1, 0.15) is 23.8 Å². The van der Waals surface area contributed by atoms with Crippen LogP contribution in [-0.2, 0) is 10.0 Å². The Balaban J connectivity index is 1.67. The summed E-state index contributed by atoms with van der Waals surface area (Å²) in [6, 6.07) is 7.44. The highest BCUT2D eigenvalue weighted by Gasteiger charge is 2.26. The molecule has 3 heterocycles. The predicted octanol–water partition coefficient (Wildman–Crippen LogP) is 1.09. The first-order valence-electron chi connectivity index (χ1n) is 7.81. The van der Waals surface area contributed by atoms with Crippen molar-refractivity contribution in [1.82, 2.24) is 19.3 Å². The highest BCUT2D eigenvalue weighted by atomic mass is 32.2. The van der Waals surface area contributed by atoms with Crippen LogP contribution in [0.15, 0.2) is 36.8 Å². The summed E-state index contributed by atoms with van der Waals surface area (Å²) in [5.41, 5.74) is 0. The van der Waals surface area contributed by atoms with Crippen LogP contribution >= 0.6 is 0 Å². The summed E-state index contributed by atoms with van der Waals surface area (Å²) in [5, 5.41) is 3.13. The number of nitrogens with zero attached hydrogens (tertiary/aromatic N) is 5. The van der Waals surface area contributed by atoms with E-state index in [0.29, 0.717) is 37.8 Å². The second-order valence-electron chi connectivity index (χ2n) is 5.39. The highest BCUT2D eigenvalue weighted by Crippen LogP contribution is 2.19. The summed E-state index contributed by atoms with van der Waals surface area (Å²) in [6.07, 6.45) is 3.20. The summed E-state index contributed by atoms with van der Waals surface area (Å²) >= 11 is 0. The fourth-order valence-electron chi connectivity index (χ4n) is 2.53. The van der Waals surface area contributed by atoms with E-state index in [-0.39, 0.29) is 5.75 Å². The Hall–Kier alpha value is -2.26. The van der Waals surface area contributed by atoms with Crippen molar-refractivity contribution in [3.63, 3.8) is 0 Å². The fourth-order valence-corrected chi connectivity index (χ4v) is 3.62. The molecule has 3 rings (SSSR count). The maximum absolute atomic E-state index is 11.9. The average molecular weight is 348 g/mol. The Morgan fingerprint density at radius 2 is 1.88 bits per heavy atom. The van der Waals surface area contributed by atoms with Crippen molar-refractivity contribution >= 4 is 27.5 Å². The van der Waals surface area contributed by atoms with E-state index in [1.54, 1.807) is 13.1 Å². The quantitative estimate of drug-likeness (QED) is 0.864. The van der Waals surface area contributed by atoms with Gasteiger partial charge in [-0.15, -0.1) is 0 Å². The van der Waals surface area contributed by atoms with Crippen molar-refractivity contribution in [1.29, 1.82) is 0 Å². The van der Waals surface area contributed by atoms with Gasteiger partial charge in [0, 0.05) is 38.4 Å². The lowest BCUT2D eigenvalue weighted by Gasteiger charge is -2.34. The molecule has 8 nitrogen and oxygen atoms in total. The first-order chi connectivity index (χ1) is 11.6. The molecule has 1 fully saturated rings. The van der Waals surface area contributed by atoms with E-state index in [9.17, 15) is 8.42 Å². The van der Waals surface area contributed by atoms with Crippen molar-refractivity contribution in [3.05, 3.63) is 36.8 Å². The molecule has 24 heavy (non-hydrogen) atoms. The molecule has 0 aliphatic carbocycles. The third-order valence-electron chi connectivity index (χ3n) is 3.89. The van der Waals surface area contributed by atoms with E-state index < -0.39 is 10.0 Å². The van der Waals surface area contributed by atoms with Gasteiger partial charge < -0.3 is 10.2 Å². The molecule has 0 aromatic carbocycles. The molecule has 2 aromatic rings. The van der Waals surface area contributed by atoms with E-state index in [1.807, 2.05) is 24.3 Å². The van der Waals surface area contributed by atoms with Gasteiger partial charge in [0.15, 0.2) is 0 Å². The SMILES string of the molecule is CCS(=O)(=O)N1CCN(c2cc(Nc3ccccn3)ncn2)CC1. The monoisotopic (exact) mass is 348 g/mol. The summed E-state index contributed by atoms with van der Waals surface area (Å²) in [6.45, 7) is 3.84. The number of pyridine rings is 1. The molecule has 0 saturated carbocycles. The number of hydrogen-bond acceptors (Lipinski definition) is 7. The van der Waals surface area contributed by atoms with Crippen molar-refractivity contribution < 1.29 is 8.42 Å². The molecule has 2 aromatic heterocycles. The zero-order valence-electron chi connectivity index (χ0n) is 13.5. The van der Waals surface area contributed by atoms with Crippen LogP contribution in [0, 0.1) is 0 Å². The Morgan fingerprint density at radius 3 is 2.54 bits per heavy atom. The van der Waals surface area contributed by atoms with Crippen molar-refractivity contribution in [3.8, 4) is 0 Å². The highest BCUT2D eigenvalue weighted by molar-refractivity contribution is 7.89. The van der Waals surface area contributed by atoms with Crippen LogP contribution in [0.5, 0.6) is 0 Å². The van der Waals surface area contributed by atoms with Gasteiger partial charge in [0.25, 0.3) is 0 Å². The number of aromatic nitrogens is 3. The van der Waals surface area contributed by atoms with Crippen molar-refractivity contribution in [2.75, 3.05) is 42.1 Å². The predicted molar refractivity (Wildman–Crippen MR) is 92.8 cm³/mol. The Morgan fingerprint density at radius 1 is 1.08 bits per heavy atom. The van der Waals surface area contributed by atoms with Gasteiger partial charge in [0.2, 0.25) is 10.0 Å². The topological polar surface area (TPSA) is 91.3 Å². The molecule has 1 aliphatic heterocycles. The largest absolute Gasteiger partial charge is 0.354 e. The second-order valence-corrected chi connectivity index (χ2v) is 7.65. The standard InChI is InChI=1S/C15H20N6O2S/c1-2-24(22,23)21-9-7-20(8-10-21)15-11-14(17-12-18-15)19-13-5-3-4-6-16-13/h3-6,11-12H,2,7-10H2,1H3,(H,16,17,18,19). The molecule has 9 heteroatoms. The molecule has 0 unspecified atom stereocenters. The molecule has 1 N–H and O–H groups in total. The fraction of sp³-hybridized carbons (Fsp3) is 0.400. The van der Waals surface area contributed by atoms with Crippen LogP contribution in [-0.4, -0.2) is 59.6 Å². The third-order valence-corrected chi connectivity index (χ3v) is 5.78. The van der Waals surface area contributed by atoms with Gasteiger partial charge >= 0.3 is 0 Å². The van der Waals surface area contributed by atoms with Crippen LogP contribution in [0.4, 0.5) is 17.5 Å². The van der Waals surface area contributed by atoms with Crippen LogP contribution in [0.3, 0.4) is 0 Å². The van der Waals surface area contributed by atoms with E-state index in [0.717, 1.165) is 5.82 Å². The number of hydrogen-bond donors (Lipinski definition) is 1. The van der Waals surface area contributed by atoms with E-state index in [4.69, 9.17) is 0 Å². The Bertz CT molecular complexity index is 776. The van der Waals surface area contributed by atoms with Gasteiger partial charge in [-0.05, 0) is 19.1 Å². The van der Waals surface area contributed by atoms with Crippen molar-refractivity contribution in [2.45, 2.75) is 6.92 Å². The first kappa shape index (κ1) is 16.6. The van der Waals surface area contributed by atoms with Gasteiger partial charge in [-0.25, -0.2) is 23.4 Å². The average Bonchev–Trinajstić information content (AvgIpc) is 2.63. The minimum absolute atomic E-state index is 0.138. The van der Waals surface area contributed by atoms with E-state index in [1.165, 1.54) is 10.6 Å². The summed E-state index contributed by atoms with van der Waals surface area (Å²) in [5.74, 6) is 2.28. The maximum Gasteiger partial charge on any atom is 0.213 e. The van der Waals surface area contributed by atoms with Gasteiger partial charge in [-0.1, -0.05) is 6.07 Å². The molecule has 1 saturated heterocycles. The lowest BCUT2D eigenvalue weighted by molar-refractivity contribution is 0.384. The van der Waals surface area contributed by atoms with Crippen LogP contribution in [0.1, 0.15) is 6.92 Å². The molecule has 0 amide bonds. The smallest absolute Gasteiger partial charge is 0.213 e. The minimum atomic E-state index is -3.12. The minimum Gasteiger partial charge on any atom is -0.354 e. The summed E-state index contributed by atoms with van der Waals surface area (Å²) < 4.78 is 25.4. The second kappa shape index (κ2) is 7.10. The zero-order chi connectivity index (χ0) is 17.0. The molecule has 0 radical (unpaired) electrons. The van der Waals surface area contributed by atoms with Crippen LogP contribution < -0.4 is 10.2 Å². The number of nitrogens with one attached hydrogen (secondary N) is 1. The molecular weight excluding hydrogens is 328 g/mol. The van der Waals surface area contributed by atoms with Gasteiger partial charge in [0.05, 0.1) is 5.75 Å². The molecule has 0 bridgehead atoms. The van der Waals surface area contributed by atoms with Gasteiger partial charge in [-0.3, -0.25) is 0 Å². The van der Waals surface area contributed by atoms with Crippen LogP contribution in [0.2, 0.25) is 0 Å². The first-order valence-corrected chi connectivity index (χ1v) is 9.42. The normalized spacial score (nSPS) is 16.1.